The Morgan fingerprint density at radius 3 is 1.82 bits per heavy atom. The first-order valence-electron chi connectivity index (χ1n) is 8.52. The Hall–Kier alpha value is -3.80. The molecular formula is C22H18O6. The average molecular weight is 378 g/mol. The molecule has 0 aliphatic carbocycles. The molecule has 0 aromatic heterocycles. The van der Waals surface area contributed by atoms with Crippen LogP contribution in [0.4, 0.5) is 0 Å². The minimum absolute atomic E-state index is 0.0824. The Balaban J connectivity index is 1.86. The Morgan fingerprint density at radius 2 is 1.32 bits per heavy atom. The van der Waals surface area contributed by atoms with Gasteiger partial charge in [-0.3, -0.25) is 4.79 Å². The summed E-state index contributed by atoms with van der Waals surface area (Å²) in [6, 6.07) is 21.3. The third kappa shape index (κ3) is 4.88. The van der Waals surface area contributed by atoms with E-state index in [1.807, 2.05) is 60.7 Å². The van der Waals surface area contributed by atoms with Crippen molar-refractivity contribution in [1.82, 2.24) is 0 Å². The summed E-state index contributed by atoms with van der Waals surface area (Å²) in [5, 5.41) is 9.55. The molecular weight excluding hydrogens is 360 g/mol. The lowest BCUT2D eigenvalue weighted by molar-refractivity contribution is -0.120. The van der Waals surface area contributed by atoms with Crippen LogP contribution in [-0.2, 0) is 18.0 Å². The number of aromatic carboxylic acids is 1. The highest BCUT2D eigenvalue weighted by Crippen LogP contribution is 2.36. The van der Waals surface area contributed by atoms with Gasteiger partial charge in [-0.15, -0.1) is 0 Å². The van der Waals surface area contributed by atoms with E-state index in [1.54, 1.807) is 0 Å². The predicted molar refractivity (Wildman–Crippen MR) is 102 cm³/mol. The molecule has 6 heteroatoms. The Bertz CT molecular complexity index is 938. The molecule has 1 N–H and O–H groups in total. The fraction of sp³-hybridized carbons (Fsp3) is 0.0909. The summed E-state index contributed by atoms with van der Waals surface area (Å²) in [4.78, 5) is 22.6. The van der Waals surface area contributed by atoms with Crippen molar-refractivity contribution in [3.63, 3.8) is 0 Å². The van der Waals surface area contributed by atoms with Crippen LogP contribution in [0.1, 0.15) is 21.5 Å². The molecule has 0 unspecified atom stereocenters. The van der Waals surface area contributed by atoms with Crippen molar-refractivity contribution in [2.75, 3.05) is 0 Å². The van der Waals surface area contributed by atoms with E-state index in [0.717, 1.165) is 11.1 Å². The number of carbonyl (C=O) groups is 2. The van der Waals surface area contributed by atoms with Gasteiger partial charge in [-0.05, 0) is 11.1 Å². The molecule has 0 saturated carbocycles. The zero-order valence-electron chi connectivity index (χ0n) is 14.9. The first-order valence-corrected chi connectivity index (χ1v) is 8.52. The van der Waals surface area contributed by atoms with Crippen LogP contribution in [0.15, 0.2) is 72.8 Å². The van der Waals surface area contributed by atoms with Crippen molar-refractivity contribution in [1.29, 1.82) is 0 Å². The van der Waals surface area contributed by atoms with E-state index in [4.69, 9.17) is 14.2 Å². The fourth-order valence-electron chi connectivity index (χ4n) is 2.56. The monoisotopic (exact) mass is 378 g/mol. The number of benzene rings is 3. The maximum absolute atomic E-state index is 11.7. The number of rotatable bonds is 9. The topological polar surface area (TPSA) is 82.1 Å². The van der Waals surface area contributed by atoms with Gasteiger partial charge in [0.2, 0.25) is 0 Å². The first-order chi connectivity index (χ1) is 13.7. The molecule has 0 spiro atoms. The molecule has 0 fully saturated rings. The summed E-state index contributed by atoms with van der Waals surface area (Å²) in [7, 11) is 0. The smallest absolute Gasteiger partial charge is 0.339 e. The summed E-state index contributed by atoms with van der Waals surface area (Å²) in [5.74, 6) is -0.870. The number of carboxylic acid groups (broad SMARTS) is 1. The lowest BCUT2D eigenvalue weighted by atomic mass is 10.1. The summed E-state index contributed by atoms with van der Waals surface area (Å²) in [6.07, 6.45) is 0. The van der Waals surface area contributed by atoms with Crippen molar-refractivity contribution in [2.24, 2.45) is 0 Å². The Morgan fingerprint density at radius 1 is 0.786 bits per heavy atom. The average Bonchev–Trinajstić information content (AvgIpc) is 2.73. The molecule has 142 valence electrons. The van der Waals surface area contributed by atoms with Gasteiger partial charge in [0.15, 0.2) is 11.5 Å². The molecule has 0 amide bonds. The molecule has 0 bridgehead atoms. The molecule has 0 heterocycles. The van der Waals surface area contributed by atoms with Crippen molar-refractivity contribution in [2.45, 2.75) is 13.2 Å². The van der Waals surface area contributed by atoms with Crippen LogP contribution >= 0.6 is 0 Å². The Kier molecular flexibility index (Phi) is 6.25. The standard InChI is InChI=1S/C22H18O6/c23-15-28-21-12-19(26-13-16-7-3-1-4-8-16)18(22(24)25)11-20(21)27-14-17-9-5-2-6-10-17/h1-12,15H,13-14H2,(H,24,25). The predicted octanol–water partition coefficient (Wildman–Crippen LogP) is 4.08. The first kappa shape index (κ1) is 19.0. The van der Waals surface area contributed by atoms with Gasteiger partial charge in [0, 0.05) is 12.1 Å². The molecule has 28 heavy (non-hydrogen) atoms. The quantitative estimate of drug-likeness (QED) is 0.565. The SMILES string of the molecule is O=COc1cc(OCc2ccccc2)c(C(=O)O)cc1OCc1ccccc1. The second kappa shape index (κ2) is 9.23. The summed E-state index contributed by atoms with van der Waals surface area (Å²) < 4.78 is 16.3. The highest BCUT2D eigenvalue weighted by Gasteiger charge is 2.19. The van der Waals surface area contributed by atoms with E-state index in [9.17, 15) is 14.7 Å². The van der Waals surface area contributed by atoms with Gasteiger partial charge in [0.1, 0.15) is 24.5 Å². The molecule has 3 aromatic carbocycles. The van der Waals surface area contributed by atoms with Gasteiger partial charge in [-0.25, -0.2) is 4.79 Å². The molecule has 0 radical (unpaired) electrons. The molecule has 0 aliphatic heterocycles. The second-order valence-corrected chi connectivity index (χ2v) is 5.86. The third-order valence-electron chi connectivity index (χ3n) is 3.93. The van der Waals surface area contributed by atoms with Gasteiger partial charge >= 0.3 is 5.97 Å². The lowest BCUT2D eigenvalue weighted by Crippen LogP contribution is -2.06. The number of ether oxygens (including phenoxy) is 3. The van der Waals surface area contributed by atoms with Crippen LogP contribution in [0.3, 0.4) is 0 Å². The van der Waals surface area contributed by atoms with Crippen LogP contribution in [-0.4, -0.2) is 17.5 Å². The Labute approximate surface area is 161 Å². The van der Waals surface area contributed by atoms with Crippen LogP contribution in [0.5, 0.6) is 17.2 Å². The van der Waals surface area contributed by atoms with Crippen LogP contribution in [0.25, 0.3) is 0 Å². The van der Waals surface area contributed by atoms with E-state index in [0.29, 0.717) is 0 Å². The maximum atomic E-state index is 11.7. The van der Waals surface area contributed by atoms with Crippen molar-refractivity contribution < 1.29 is 28.9 Å². The van der Waals surface area contributed by atoms with E-state index in [-0.39, 0.29) is 42.5 Å². The largest absolute Gasteiger partial charge is 0.488 e. The highest BCUT2D eigenvalue weighted by molar-refractivity contribution is 5.92. The van der Waals surface area contributed by atoms with Crippen LogP contribution < -0.4 is 14.2 Å². The van der Waals surface area contributed by atoms with Gasteiger partial charge < -0.3 is 19.3 Å². The molecule has 0 atom stereocenters. The van der Waals surface area contributed by atoms with Gasteiger partial charge in [-0.2, -0.15) is 0 Å². The second-order valence-electron chi connectivity index (χ2n) is 5.86. The zero-order valence-corrected chi connectivity index (χ0v) is 14.9. The number of carbonyl (C=O) groups excluding carboxylic acids is 1. The highest BCUT2D eigenvalue weighted by atomic mass is 16.5. The van der Waals surface area contributed by atoms with Crippen LogP contribution in [0, 0.1) is 0 Å². The normalized spacial score (nSPS) is 10.1. The lowest BCUT2D eigenvalue weighted by Gasteiger charge is -2.15. The third-order valence-corrected chi connectivity index (χ3v) is 3.93. The van der Waals surface area contributed by atoms with Crippen molar-refractivity contribution in [3.8, 4) is 17.2 Å². The maximum Gasteiger partial charge on any atom is 0.339 e. The van der Waals surface area contributed by atoms with Crippen molar-refractivity contribution in [3.05, 3.63) is 89.5 Å². The van der Waals surface area contributed by atoms with E-state index >= 15 is 0 Å². The zero-order chi connectivity index (χ0) is 19.8. The molecule has 0 aliphatic rings. The molecule has 3 aromatic rings. The molecule has 0 saturated heterocycles. The van der Waals surface area contributed by atoms with E-state index in [1.165, 1.54) is 12.1 Å². The van der Waals surface area contributed by atoms with Crippen molar-refractivity contribution >= 4 is 12.4 Å². The molecule has 6 nitrogen and oxygen atoms in total. The molecule has 3 rings (SSSR count). The summed E-state index contributed by atoms with van der Waals surface area (Å²) >= 11 is 0. The minimum atomic E-state index is -1.18. The van der Waals surface area contributed by atoms with Gasteiger partial charge in [0.25, 0.3) is 6.47 Å². The van der Waals surface area contributed by atoms with Crippen LogP contribution in [0.2, 0.25) is 0 Å². The number of carboxylic acids is 1. The van der Waals surface area contributed by atoms with Gasteiger partial charge in [0.05, 0.1) is 0 Å². The minimum Gasteiger partial charge on any atom is -0.488 e. The summed E-state index contributed by atoms with van der Waals surface area (Å²) in [5.41, 5.74) is 1.68. The summed E-state index contributed by atoms with van der Waals surface area (Å²) in [6.45, 7) is 0.622. The van der Waals surface area contributed by atoms with E-state index in [2.05, 4.69) is 0 Å². The number of hydrogen-bond donors (Lipinski definition) is 1. The number of hydrogen-bond acceptors (Lipinski definition) is 5. The van der Waals surface area contributed by atoms with E-state index < -0.39 is 5.97 Å². The van der Waals surface area contributed by atoms with Gasteiger partial charge in [-0.1, -0.05) is 60.7 Å². The fourth-order valence-corrected chi connectivity index (χ4v) is 2.56.